The van der Waals surface area contributed by atoms with E-state index in [0.29, 0.717) is 0 Å². The van der Waals surface area contributed by atoms with Crippen molar-refractivity contribution >= 4 is 15.9 Å². The zero-order valence-corrected chi connectivity index (χ0v) is 14.9. The molecule has 2 aromatic rings. The van der Waals surface area contributed by atoms with Crippen LogP contribution >= 0.6 is 15.9 Å². The summed E-state index contributed by atoms with van der Waals surface area (Å²) in [5.74, 6) is 0. The Labute approximate surface area is 135 Å². The Kier molecular flexibility index (Phi) is 5.59. The number of rotatable bonds is 6. The highest BCUT2D eigenvalue weighted by Gasteiger charge is 2.22. The molecule has 2 rings (SSSR count). The van der Waals surface area contributed by atoms with Crippen LogP contribution < -0.4 is 5.32 Å². The smallest absolute Gasteiger partial charge is 0.0762 e. The third-order valence-corrected chi connectivity index (χ3v) is 4.57. The molecule has 0 saturated heterocycles. The molecule has 0 spiro atoms. The van der Waals surface area contributed by atoms with Crippen molar-refractivity contribution in [3.63, 3.8) is 0 Å². The molecule has 0 fully saturated rings. The maximum Gasteiger partial charge on any atom is 0.0762 e. The zero-order chi connectivity index (χ0) is 15.4. The molecule has 0 bridgehead atoms. The van der Waals surface area contributed by atoms with Crippen molar-refractivity contribution in [2.75, 3.05) is 6.54 Å². The summed E-state index contributed by atoms with van der Waals surface area (Å²) < 4.78 is 3.14. The third-order valence-electron chi connectivity index (χ3n) is 3.96. The molecule has 0 radical (unpaired) electrons. The zero-order valence-electron chi connectivity index (χ0n) is 13.3. The van der Waals surface area contributed by atoms with Gasteiger partial charge in [-0.15, -0.1) is 0 Å². The standard InChI is InChI=1S/C17H24BrN3/c1-5-10-19-16(14-9-7-8-12(3)13(14)4)17-15(18)11-20-21(17)6-2/h7-9,11,16,19H,5-6,10H2,1-4H3. The summed E-state index contributed by atoms with van der Waals surface area (Å²) in [5.41, 5.74) is 5.22. The Hall–Kier alpha value is -1.13. The molecule has 1 aromatic carbocycles. The fourth-order valence-electron chi connectivity index (χ4n) is 2.64. The lowest BCUT2D eigenvalue weighted by molar-refractivity contribution is 0.526. The first-order valence-corrected chi connectivity index (χ1v) is 8.40. The van der Waals surface area contributed by atoms with E-state index in [1.54, 1.807) is 0 Å². The number of hydrogen-bond acceptors (Lipinski definition) is 2. The summed E-state index contributed by atoms with van der Waals surface area (Å²) in [4.78, 5) is 0. The maximum atomic E-state index is 4.47. The van der Waals surface area contributed by atoms with Crippen LogP contribution in [-0.2, 0) is 6.54 Å². The van der Waals surface area contributed by atoms with Crippen molar-refractivity contribution in [1.29, 1.82) is 0 Å². The summed E-state index contributed by atoms with van der Waals surface area (Å²) in [6.07, 6.45) is 3.00. The predicted molar refractivity (Wildman–Crippen MR) is 91.7 cm³/mol. The van der Waals surface area contributed by atoms with Crippen LogP contribution in [0.15, 0.2) is 28.9 Å². The molecule has 3 nitrogen and oxygen atoms in total. The van der Waals surface area contributed by atoms with Crippen LogP contribution in [0.2, 0.25) is 0 Å². The van der Waals surface area contributed by atoms with Crippen LogP contribution in [0.1, 0.15) is 48.7 Å². The van der Waals surface area contributed by atoms with E-state index >= 15 is 0 Å². The van der Waals surface area contributed by atoms with Crippen molar-refractivity contribution in [2.24, 2.45) is 0 Å². The molecular formula is C17H24BrN3. The maximum absolute atomic E-state index is 4.47. The van der Waals surface area contributed by atoms with E-state index < -0.39 is 0 Å². The third kappa shape index (κ3) is 3.38. The summed E-state index contributed by atoms with van der Waals surface area (Å²) in [6, 6.07) is 6.69. The Balaban J connectivity index is 2.52. The number of halogens is 1. The molecule has 0 aliphatic rings. The number of aryl methyl sites for hydroxylation is 2. The molecule has 4 heteroatoms. The normalized spacial score (nSPS) is 12.6. The van der Waals surface area contributed by atoms with E-state index in [1.165, 1.54) is 22.4 Å². The van der Waals surface area contributed by atoms with E-state index in [-0.39, 0.29) is 6.04 Å². The molecule has 1 unspecified atom stereocenters. The first-order valence-electron chi connectivity index (χ1n) is 7.60. The highest BCUT2D eigenvalue weighted by Crippen LogP contribution is 2.31. The lowest BCUT2D eigenvalue weighted by atomic mass is 9.95. The van der Waals surface area contributed by atoms with Crippen LogP contribution in [0.5, 0.6) is 0 Å². The van der Waals surface area contributed by atoms with E-state index in [2.05, 4.69) is 76.9 Å². The topological polar surface area (TPSA) is 29.9 Å². The van der Waals surface area contributed by atoms with Crippen molar-refractivity contribution in [1.82, 2.24) is 15.1 Å². The summed E-state index contributed by atoms with van der Waals surface area (Å²) in [6.45, 7) is 10.5. The highest BCUT2D eigenvalue weighted by molar-refractivity contribution is 9.10. The molecule has 1 N–H and O–H groups in total. The SMILES string of the molecule is CCCNC(c1cccc(C)c1C)c1c(Br)cnn1CC. The van der Waals surface area contributed by atoms with E-state index in [1.807, 2.05) is 6.20 Å². The van der Waals surface area contributed by atoms with Crippen LogP contribution in [-0.4, -0.2) is 16.3 Å². The van der Waals surface area contributed by atoms with Gasteiger partial charge in [0.25, 0.3) is 0 Å². The minimum Gasteiger partial charge on any atom is -0.305 e. The van der Waals surface area contributed by atoms with Gasteiger partial charge in [0, 0.05) is 6.54 Å². The second-order valence-electron chi connectivity index (χ2n) is 5.37. The van der Waals surface area contributed by atoms with Gasteiger partial charge in [-0.3, -0.25) is 4.68 Å². The number of hydrogen-bond donors (Lipinski definition) is 1. The number of aromatic nitrogens is 2. The largest absolute Gasteiger partial charge is 0.305 e. The minimum atomic E-state index is 0.168. The molecule has 0 amide bonds. The highest BCUT2D eigenvalue weighted by atomic mass is 79.9. The second-order valence-corrected chi connectivity index (χ2v) is 6.22. The van der Waals surface area contributed by atoms with Crippen molar-refractivity contribution in [3.05, 3.63) is 51.3 Å². The van der Waals surface area contributed by atoms with Crippen LogP contribution in [0.25, 0.3) is 0 Å². The summed E-state index contributed by atoms with van der Waals surface area (Å²) in [7, 11) is 0. The van der Waals surface area contributed by atoms with E-state index in [9.17, 15) is 0 Å². The average molecular weight is 350 g/mol. The average Bonchev–Trinajstić information content (AvgIpc) is 2.85. The Bertz CT molecular complexity index is 604. The van der Waals surface area contributed by atoms with Gasteiger partial charge in [0.15, 0.2) is 0 Å². The summed E-state index contributed by atoms with van der Waals surface area (Å²) in [5, 5.41) is 8.15. The van der Waals surface area contributed by atoms with Gasteiger partial charge in [0.1, 0.15) is 0 Å². The second kappa shape index (κ2) is 7.23. The van der Waals surface area contributed by atoms with Gasteiger partial charge in [0.05, 0.1) is 22.4 Å². The first kappa shape index (κ1) is 16.2. The minimum absolute atomic E-state index is 0.168. The van der Waals surface area contributed by atoms with E-state index in [0.717, 1.165) is 24.0 Å². The molecule has 0 aliphatic heterocycles. The Morgan fingerprint density at radius 2 is 2.05 bits per heavy atom. The lowest BCUT2D eigenvalue weighted by Gasteiger charge is -2.23. The van der Waals surface area contributed by atoms with Crippen molar-refractivity contribution < 1.29 is 0 Å². The molecule has 0 aliphatic carbocycles. The fraction of sp³-hybridized carbons (Fsp3) is 0.471. The lowest BCUT2D eigenvalue weighted by Crippen LogP contribution is -2.27. The summed E-state index contributed by atoms with van der Waals surface area (Å²) >= 11 is 3.67. The van der Waals surface area contributed by atoms with Gasteiger partial charge < -0.3 is 5.32 Å². The van der Waals surface area contributed by atoms with Crippen molar-refractivity contribution in [2.45, 2.75) is 46.7 Å². The van der Waals surface area contributed by atoms with Gasteiger partial charge in [0.2, 0.25) is 0 Å². The molecule has 21 heavy (non-hydrogen) atoms. The van der Waals surface area contributed by atoms with Gasteiger partial charge in [-0.2, -0.15) is 5.10 Å². The molecule has 114 valence electrons. The fourth-order valence-corrected chi connectivity index (χ4v) is 3.17. The van der Waals surface area contributed by atoms with E-state index in [4.69, 9.17) is 0 Å². The van der Waals surface area contributed by atoms with Crippen LogP contribution in [0, 0.1) is 13.8 Å². The Morgan fingerprint density at radius 3 is 2.71 bits per heavy atom. The molecule has 1 heterocycles. The van der Waals surface area contributed by atoms with Crippen LogP contribution in [0.4, 0.5) is 0 Å². The van der Waals surface area contributed by atoms with Gasteiger partial charge in [-0.25, -0.2) is 0 Å². The van der Waals surface area contributed by atoms with Gasteiger partial charge in [-0.1, -0.05) is 25.1 Å². The molecular weight excluding hydrogens is 326 g/mol. The first-order chi connectivity index (χ1) is 10.1. The predicted octanol–water partition coefficient (Wildman–Crippen LogP) is 4.37. The monoisotopic (exact) mass is 349 g/mol. The molecule has 1 atom stereocenters. The van der Waals surface area contributed by atoms with Crippen molar-refractivity contribution in [3.8, 4) is 0 Å². The van der Waals surface area contributed by atoms with Gasteiger partial charge in [-0.05, 0) is 66.4 Å². The number of nitrogens with zero attached hydrogens (tertiary/aromatic N) is 2. The Morgan fingerprint density at radius 1 is 1.29 bits per heavy atom. The number of nitrogens with one attached hydrogen (secondary N) is 1. The quantitative estimate of drug-likeness (QED) is 0.838. The molecule has 0 saturated carbocycles. The number of benzene rings is 1. The van der Waals surface area contributed by atoms with Gasteiger partial charge >= 0.3 is 0 Å². The van der Waals surface area contributed by atoms with Crippen LogP contribution in [0.3, 0.4) is 0 Å². The molecule has 1 aromatic heterocycles.